The Balaban J connectivity index is 2.60. The van der Waals surface area contributed by atoms with Gasteiger partial charge in [-0.15, -0.1) is 0 Å². The molecule has 4 nitrogen and oxygen atoms in total. The largest absolute Gasteiger partial charge is 0.519 e. The van der Waals surface area contributed by atoms with Crippen molar-refractivity contribution < 1.29 is 18.4 Å². The van der Waals surface area contributed by atoms with E-state index in [1.54, 1.807) is 0 Å². The molecule has 0 amide bonds. The molecule has 1 saturated carbocycles. The molecule has 0 aromatic heterocycles. The number of hydrogen-bond donors (Lipinski definition) is 0. The lowest BCUT2D eigenvalue weighted by Gasteiger charge is -2.38. The summed E-state index contributed by atoms with van der Waals surface area (Å²) in [5.74, 6) is -0.261. The highest BCUT2D eigenvalue weighted by Crippen LogP contribution is 2.40. The number of carbonyl (C=O) groups is 2. The first-order valence-corrected chi connectivity index (χ1v) is 15.8. The van der Waals surface area contributed by atoms with Gasteiger partial charge in [0.1, 0.15) is 0 Å². The number of carbonyl (C=O) groups excluding carboxylic acids is 2. The van der Waals surface area contributed by atoms with Crippen molar-refractivity contribution >= 4 is 28.6 Å². The molecule has 0 N–H and O–H groups in total. The Hall–Kier alpha value is -0.626. The van der Waals surface area contributed by atoms with Gasteiger partial charge in [0.05, 0.1) is 11.8 Å². The maximum Gasteiger partial charge on any atom is 0.295 e. The lowest BCUT2D eigenvalue weighted by Crippen LogP contribution is -2.45. The molecular formula is C20H40O4Si2. The van der Waals surface area contributed by atoms with E-state index in [9.17, 15) is 9.59 Å². The lowest BCUT2D eigenvalue weighted by atomic mass is 9.82. The Bertz CT molecular complexity index is 471. The van der Waals surface area contributed by atoms with Gasteiger partial charge in [0.25, 0.3) is 28.6 Å². The predicted molar refractivity (Wildman–Crippen MR) is 112 cm³/mol. The summed E-state index contributed by atoms with van der Waals surface area (Å²) in [7, 11) is -4.16. The molecule has 0 bridgehead atoms. The molecule has 152 valence electrons. The van der Waals surface area contributed by atoms with E-state index in [4.69, 9.17) is 8.85 Å². The van der Waals surface area contributed by atoms with Gasteiger partial charge in [-0.1, -0.05) is 41.5 Å². The van der Waals surface area contributed by atoms with Crippen LogP contribution in [0.4, 0.5) is 0 Å². The van der Waals surface area contributed by atoms with Gasteiger partial charge in [-0.3, -0.25) is 9.59 Å². The van der Waals surface area contributed by atoms with E-state index in [2.05, 4.69) is 67.7 Å². The standard InChI is InChI=1S/C20H40O4Si2/c1-19(2,3)25(7,8)23-17(21)15-11-13-16(14-12-15)18(22)24-26(9,10)20(4,5)6/h15-16H,11-14H2,1-10H3. The summed E-state index contributed by atoms with van der Waals surface area (Å²) in [5.41, 5.74) is 0. The fourth-order valence-corrected chi connectivity index (χ4v) is 4.49. The first kappa shape index (κ1) is 23.4. The summed E-state index contributed by atoms with van der Waals surface area (Å²) in [4.78, 5) is 25.2. The monoisotopic (exact) mass is 400 g/mol. The predicted octanol–water partition coefficient (Wildman–Crippen LogP) is 5.89. The fourth-order valence-electron chi connectivity index (χ4n) is 2.54. The van der Waals surface area contributed by atoms with E-state index < -0.39 is 16.6 Å². The van der Waals surface area contributed by atoms with Gasteiger partial charge in [-0.05, 0) is 61.9 Å². The summed E-state index contributed by atoms with van der Waals surface area (Å²) in [5, 5.41) is 0.0413. The van der Waals surface area contributed by atoms with Crippen molar-refractivity contribution in [3.05, 3.63) is 0 Å². The molecule has 0 aromatic rings. The number of rotatable bonds is 4. The van der Waals surface area contributed by atoms with Gasteiger partial charge >= 0.3 is 0 Å². The normalized spacial score (nSPS) is 22.7. The first-order valence-electron chi connectivity index (χ1n) is 9.94. The van der Waals surface area contributed by atoms with Crippen LogP contribution in [0.15, 0.2) is 0 Å². The third-order valence-corrected chi connectivity index (χ3v) is 15.4. The molecule has 0 atom stereocenters. The highest BCUT2D eigenvalue weighted by molar-refractivity contribution is 6.75. The van der Waals surface area contributed by atoms with E-state index in [-0.39, 0.29) is 33.9 Å². The van der Waals surface area contributed by atoms with Crippen molar-refractivity contribution in [1.82, 2.24) is 0 Å². The lowest BCUT2D eigenvalue weighted by molar-refractivity contribution is -0.146. The SMILES string of the molecule is CC(C)(C)[Si](C)(C)OC(=O)C1CCC(C(=O)O[Si](C)(C)C(C)(C)C)CC1. The summed E-state index contributed by atoms with van der Waals surface area (Å²) in [6.07, 6.45) is 2.91. The average Bonchev–Trinajstić information content (AvgIpc) is 2.44. The quantitative estimate of drug-likeness (QED) is 0.552. The van der Waals surface area contributed by atoms with Crippen LogP contribution in [-0.2, 0) is 18.4 Å². The summed E-state index contributed by atoms with van der Waals surface area (Å²) in [6, 6.07) is 0. The Morgan fingerprint density at radius 3 is 1.08 bits per heavy atom. The molecule has 26 heavy (non-hydrogen) atoms. The van der Waals surface area contributed by atoms with Crippen molar-refractivity contribution in [1.29, 1.82) is 0 Å². The van der Waals surface area contributed by atoms with Crippen LogP contribution >= 0.6 is 0 Å². The van der Waals surface area contributed by atoms with Crippen molar-refractivity contribution in [3.63, 3.8) is 0 Å². The second-order valence-corrected chi connectivity index (χ2v) is 20.4. The molecule has 0 saturated heterocycles. The third kappa shape index (κ3) is 5.68. The smallest absolute Gasteiger partial charge is 0.295 e. The van der Waals surface area contributed by atoms with E-state index in [0.717, 1.165) is 25.7 Å². The molecule has 0 unspecified atom stereocenters. The van der Waals surface area contributed by atoms with E-state index in [1.807, 2.05) is 0 Å². The first-order chi connectivity index (χ1) is 11.5. The van der Waals surface area contributed by atoms with Crippen LogP contribution in [-0.4, -0.2) is 28.6 Å². The molecule has 1 rings (SSSR count). The summed E-state index contributed by atoms with van der Waals surface area (Å²) < 4.78 is 11.9. The van der Waals surface area contributed by atoms with Gasteiger partial charge in [0.2, 0.25) is 0 Å². The van der Waals surface area contributed by atoms with Gasteiger partial charge < -0.3 is 8.85 Å². The average molecular weight is 401 g/mol. The van der Waals surface area contributed by atoms with Crippen molar-refractivity contribution in [2.24, 2.45) is 11.8 Å². The van der Waals surface area contributed by atoms with Crippen molar-refractivity contribution in [3.8, 4) is 0 Å². The minimum Gasteiger partial charge on any atom is -0.519 e. The Labute approximate surface area is 162 Å². The fraction of sp³-hybridized carbons (Fsp3) is 0.900. The Kier molecular flexibility index (Phi) is 7.01. The minimum atomic E-state index is -2.08. The maximum atomic E-state index is 12.6. The summed E-state index contributed by atoms with van der Waals surface area (Å²) >= 11 is 0. The topological polar surface area (TPSA) is 52.6 Å². The van der Waals surface area contributed by atoms with Crippen LogP contribution in [0, 0.1) is 11.8 Å². The van der Waals surface area contributed by atoms with Crippen molar-refractivity contribution in [2.45, 2.75) is 103 Å². The molecule has 1 aliphatic rings. The van der Waals surface area contributed by atoms with Crippen LogP contribution in [0.5, 0.6) is 0 Å². The second-order valence-electron chi connectivity index (χ2n) is 10.9. The van der Waals surface area contributed by atoms with Crippen LogP contribution in [0.2, 0.25) is 36.3 Å². The van der Waals surface area contributed by atoms with Crippen LogP contribution in [0.3, 0.4) is 0 Å². The zero-order valence-electron chi connectivity index (χ0n) is 18.6. The van der Waals surface area contributed by atoms with Gasteiger partial charge in [0, 0.05) is 0 Å². The third-order valence-electron chi connectivity index (χ3n) is 6.72. The number of hydrogen-bond acceptors (Lipinski definition) is 4. The minimum absolute atomic E-state index is 0.0207. The molecule has 0 aliphatic heterocycles. The molecule has 0 spiro atoms. The molecule has 0 aromatic carbocycles. The maximum absolute atomic E-state index is 12.6. The molecule has 0 heterocycles. The second kappa shape index (κ2) is 7.78. The van der Waals surface area contributed by atoms with E-state index in [1.165, 1.54) is 0 Å². The van der Waals surface area contributed by atoms with Gasteiger partial charge in [0.15, 0.2) is 0 Å². The molecule has 6 heteroatoms. The van der Waals surface area contributed by atoms with E-state index in [0.29, 0.717) is 0 Å². The van der Waals surface area contributed by atoms with Crippen LogP contribution < -0.4 is 0 Å². The summed E-state index contributed by atoms with van der Waals surface area (Å²) in [6.45, 7) is 21.3. The van der Waals surface area contributed by atoms with Crippen LogP contribution in [0.25, 0.3) is 0 Å². The van der Waals surface area contributed by atoms with Gasteiger partial charge in [-0.2, -0.15) is 0 Å². The highest BCUT2D eigenvalue weighted by Gasteiger charge is 2.44. The zero-order valence-corrected chi connectivity index (χ0v) is 20.6. The van der Waals surface area contributed by atoms with Crippen LogP contribution in [0.1, 0.15) is 67.2 Å². The zero-order chi connectivity index (χ0) is 20.6. The highest BCUT2D eigenvalue weighted by atomic mass is 28.4. The molecule has 1 aliphatic carbocycles. The Morgan fingerprint density at radius 2 is 0.885 bits per heavy atom. The van der Waals surface area contributed by atoms with E-state index >= 15 is 0 Å². The molecule has 0 radical (unpaired) electrons. The van der Waals surface area contributed by atoms with Gasteiger partial charge in [-0.25, -0.2) is 0 Å². The molecule has 1 fully saturated rings. The Morgan fingerprint density at radius 1 is 0.654 bits per heavy atom. The van der Waals surface area contributed by atoms with Crippen molar-refractivity contribution in [2.75, 3.05) is 0 Å². The molecular weight excluding hydrogens is 360 g/mol.